The predicted molar refractivity (Wildman–Crippen MR) is 95.3 cm³/mol. The number of amides is 1. The molecule has 0 saturated carbocycles. The Morgan fingerprint density at radius 3 is 2.15 bits per heavy atom. The Labute approximate surface area is 158 Å². The van der Waals surface area contributed by atoms with Crippen LogP contribution in [0.3, 0.4) is 0 Å². The minimum atomic E-state index is -4.32. The van der Waals surface area contributed by atoms with Crippen molar-refractivity contribution in [2.24, 2.45) is 0 Å². The quantitative estimate of drug-likeness (QED) is 0.720. The number of rotatable bonds is 5. The molecule has 0 spiro atoms. The molecule has 1 aromatic carbocycles. The molecule has 1 aliphatic rings. The summed E-state index contributed by atoms with van der Waals surface area (Å²) in [5.74, 6) is 0. The van der Waals surface area contributed by atoms with Gasteiger partial charge in [0.1, 0.15) is 5.60 Å². The van der Waals surface area contributed by atoms with Crippen LogP contribution in [0, 0.1) is 0 Å². The standard InChI is InChI=1S/C19H27F3N2O3/c1-18(2,3)27-17(25)24-10-8-23(9-11-24)12-13-26-14-15-4-6-16(7-5-15)19(20,21)22/h4-7H,8-14H2,1-3H3. The van der Waals surface area contributed by atoms with Crippen molar-refractivity contribution >= 4 is 6.09 Å². The molecular weight excluding hydrogens is 361 g/mol. The molecule has 0 N–H and O–H groups in total. The number of benzene rings is 1. The van der Waals surface area contributed by atoms with E-state index in [4.69, 9.17) is 9.47 Å². The van der Waals surface area contributed by atoms with E-state index in [0.717, 1.165) is 25.2 Å². The summed E-state index contributed by atoms with van der Waals surface area (Å²) in [6.07, 6.45) is -4.61. The van der Waals surface area contributed by atoms with Crippen LogP contribution in [0.15, 0.2) is 24.3 Å². The molecule has 1 fully saturated rings. The van der Waals surface area contributed by atoms with Crippen LogP contribution in [-0.4, -0.2) is 60.8 Å². The third-order valence-corrected chi connectivity index (χ3v) is 4.13. The fourth-order valence-electron chi connectivity index (χ4n) is 2.65. The summed E-state index contributed by atoms with van der Waals surface area (Å²) in [4.78, 5) is 15.9. The van der Waals surface area contributed by atoms with E-state index < -0.39 is 17.3 Å². The zero-order valence-corrected chi connectivity index (χ0v) is 16.0. The zero-order valence-electron chi connectivity index (χ0n) is 16.0. The molecule has 1 aliphatic heterocycles. The second kappa shape index (κ2) is 8.93. The number of piperazine rings is 1. The van der Waals surface area contributed by atoms with Crippen molar-refractivity contribution in [3.8, 4) is 0 Å². The third kappa shape index (κ3) is 7.38. The van der Waals surface area contributed by atoms with Gasteiger partial charge in [0.15, 0.2) is 0 Å². The Morgan fingerprint density at radius 2 is 1.63 bits per heavy atom. The van der Waals surface area contributed by atoms with E-state index in [1.807, 2.05) is 20.8 Å². The first-order valence-corrected chi connectivity index (χ1v) is 8.99. The number of carbonyl (C=O) groups is 1. The second-order valence-electron chi connectivity index (χ2n) is 7.56. The number of alkyl halides is 3. The maximum Gasteiger partial charge on any atom is 0.416 e. The van der Waals surface area contributed by atoms with Crippen LogP contribution in [0.5, 0.6) is 0 Å². The largest absolute Gasteiger partial charge is 0.444 e. The molecule has 1 amide bonds. The molecule has 27 heavy (non-hydrogen) atoms. The molecule has 0 aromatic heterocycles. The van der Waals surface area contributed by atoms with Crippen molar-refractivity contribution in [2.75, 3.05) is 39.3 Å². The van der Waals surface area contributed by atoms with Crippen molar-refractivity contribution in [3.63, 3.8) is 0 Å². The van der Waals surface area contributed by atoms with Crippen molar-refractivity contribution in [1.82, 2.24) is 9.80 Å². The van der Waals surface area contributed by atoms with Crippen LogP contribution >= 0.6 is 0 Å². The molecule has 2 rings (SSSR count). The molecule has 0 atom stereocenters. The Kier molecular flexibility index (Phi) is 7.11. The summed E-state index contributed by atoms with van der Waals surface area (Å²) in [6, 6.07) is 4.99. The smallest absolute Gasteiger partial charge is 0.416 e. The van der Waals surface area contributed by atoms with Crippen LogP contribution in [0.4, 0.5) is 18.0 Å². The molecule has 5 nitrogen and oxygen atoms in total. The Morgan fingerprint density at radius 1 is 1.04 bits per heavy atom. The van der Waals surface area contributed by atoms with Crippen LogP contribution in [-0.2, 0) is 22.3 Å². The topological polar surface area (TPSA) is 42.0 Å². The van der Waals surface area contributed by atoms with Crippen molar-refractivity contribution in [1.29, 1.82) is 0 Å². The van der Waals surface area contributed by atoms with Gasteiger partial charge in [-0.05, 0) is 38.5 Å². The van der Waals surface area contributed by atoms with Gasteiger partial charge in [0, 0.05) is 32.7 Å². The molecule has 0 bridgehead atoms. The van der Waals surface area contributed by atoms with E-state index in [1.54, 1.807) is 4.90 Å². The van der Waals surface area contributed by atoms with Crippen LogP contribution in [0.2, 0.25) is 0 Å². The molecule has 8 heteroatoms. The Hall–Kier alpha value is -1.80. The Balaban J connectivity index is 1.64. The van der Waals surface area contributed by atoms with E-state index in [9.17, 15) is 18.0 Å². The van der Waals surface area contributed by atoms with Gasteiger partial charge in [-0.2, -0.15) is 13.2 Å². The first-order valence-electron chi connectivity index (χ1n) is 8.99. The molecule has 1 saturated heterocycles. The monoisotopic (exact) mass is 388 g/mol. The number of hydrogen-bond acceptors (Lipinski definition) is 4. The first-order chi connectivity index (χ1) is 12.5. The molecule has 1 heterocycles. The minimum Gasteiger partial charge on any atom is -0.444 e. The maximum absolute atomic E-state index is 12.5. The van der Waals surface area contributed by atoms with Crippen LogP contribution in [0.1, 0.15) is 31.9 Å². The van der Waals surface area contributed by atoms with E-state index >= 15 is 0 Å². The lowest BCUT2D eigenvalue weighted by atomic mass is 10.1. The summed E-state index contributed by atoms with van der Waals surface area (Å²) in [6.45, 7) is 9.68. The van der Waals surface area contributed by atoms with Gasteiger partial charge in [-0.3, -0.25) is 4.90 Å². The number of ether oxygens (including phenoxy) is 2. The van der Waals surface area contributed by atoms with Crippen molar-refractivity contribution in [3.05, 3.63) is 35.4 Å². The van der Waals surface area contributed by atoms with Crippen molar-refractivity contribution < 1.29 is 27.4 Å². The highest BCUT2D eigenvalue weighted by Gasteiger charge is 2.30. The van der Waals surface area contributed by atoms with Crippen molar-refractivity contribution in [2.45, 2.75) is 39.2 Å². The lowest BCUT2D eigenvalue weighted by molar-refractivity contribution is -0.137. The van der Waals surface area contributed by atoms with E-state index in [-0.39, 0.29) is 12.7 Å². The van der Waals surface area contributed by atoms with Gasteiger partial charge >= 0.3 is 12.3 Å². The van der Waals surface area contributed by atoms with Gasteiger partial charge in [-0.1, -0.05) is 12.1 Å². The molecular formula is C19H27F3N2O3. The Bertz CT molecular complexity index is 604. The summed E-state index contributed by atoms with van der Waals surface area (Å²) >= 11 is 0. The highest BCUT2D eigenvalue weighted by Crippen LogP contribution is 2.29. The number of halogens is 3. The maximum atomic E-state index is 12.5. The van der Waals surface area contributed by atoms with Gasteiger partial charge in [-0.15, -0.1) is 0 Å². The summed E-state index contributed by atoms with van der Waals surface area (Å²) in [5, 5.41) is 0. The average Bonchev–Trinajstić information content (AvgIpc) is 2.57. The fraction of sp³-hybridized carbons (Fsp3) is 0.632. The first kappa shape index (κ1) is 21.5. The molecule has 0 aliphatic carbocycles. The third-order valence-electron chi connectivity index (χ3n) is 4.13. The predicted octanol–water partition coefficient (Wildman–Crippen LogP) is 3.77. The summed E-state index contributed by atoms with van der Waals surface area (Å²) in [7, 11) is 0. The number of hydrogen-bond donors (Lipinski definition) is 0. The van der Waals surface area contributed by atoms with E-state index in [1.165, 1.54) is 12.1 Å². The zero-order chi connectivity index (χ0) is 20.1. The van der Waals surface area contributed by atoms with Gasteiger partial charge in [0.25, 0.3) is 0 Å². The number of nitrogens with zero attached hydrogens (tertiary/aromatic N) is 2. The minimum absolute atomic E-state index is 0.274. The summed E-state index contributed by atoms with van der Waals surface area (Å²) in [5.41, 5.74) is -0.452. The van der Waals surface area contributed by atoms with Gasteiger partial charge in [0.2, 0.25) is 0 Å². The lowest BCUT2D eigenvalue weighted by Crippen LogP contribution is -2.50. The SMILES string of the molecule is CC(C)(C)OC(=O)N1CCN(CCOCc2ccc(C(F)(F)F)cc2)CC1. The van der Waals surface area contributed by atoms with Crippen LogP contribution < -0.4 is 0 Å². The van der Waals surface area contributed by atoms with Crippen LogP contribution in [0.25, 0.3) is 0 Å². The molecule has 0 unspecified atom stereocenters. The van der Waals surface area contributed by atoms with Gasteiger partial charge in [-0.25, -0.2) is 4.79 Å². The highest BCUT2D eigenvalue weighted by molar-refractivity contribution is 5.68. The number of carbonyl (C=O) groups excluding carboxylic acids is 1. The van der Waals surface area contributed by atoms with E-state index in [0.29, 0.717) is 31.8 Å². The summed E-state index contributed by atoms with van der Waals surface area (Å²) < 4.78 is 48.5. The second-order valence-corrected chi connectivity index (χ2v) is 7.56. The molecule has 0 radical (unpaired) electrons. The molecule has 1 aromatic rings. The van der Waals surface area contributed by atoms with Gasteiger partial charge in [0.05, 0.1) is 18.8 Å². The average molecular weight is 388 g/mol. The lowest BCUT2D eigenvalue weighted by Gasteiger charge is -2.35. The highest BCUT2D eigenvalue weighted by atomic mass is 19.4. The van der Waals surface area contributed by atoms with E-state index in [2.05, 4.69) is 4.90 Å². The normalized spacial score (nSPS) is 16.4. The fourth-order valence-corrected chi connectivity index (χ4v) is 2.65. The van der Waals surface area contributed by atoms with Gasteiger partial charge < -0.3 is 14.4 Å². The molecule has 152 valence electrons.